The van der Waals surface area contributed by atoms with Crippen molar-refractivity contribution in [1.29, 1.82) is 0 Å². The van der Waals surface area contributed by atoms with Crippen molar-refractivity contribution < 1.29 is 26.1 Å². The summed E-state index contributed by atoms with van der Waals surface area (Å²) in [7, 11) is -5.84. The maximum atomic E-state index is 10.7. The average molecular weight is 406 g/mol. The molecule has 146 valence electrons. The minimum Gasteiger partial charge on any atom is -0.279 e. The minimum absolute atomic E-state index is 1.05. The fourth-order valence-corrected chi connectivity index (χ4v) is 3.16. The van der Waals surface area contributed by atoms with E-state index >= 15 is 0 Å². The zero-order valence-corrected chi connectivity index (χ0v) is 15.7. The molecule has 3 aromatic rings. The molecule has 1 aliphatic carbocycles. The molecule has 28 heavy (non-hydrogen) atoms. The number of alkyl halides is 3. The summed E-state index contributed by atoms with van der Waals surface area (Å²) < 4.78 is 57.5. The molecule has 0 fully saturated rings. The normalized spacial score (nSPS) is 12.6. The van der Waals surface area contributed by atoms with E-state index < -0.39 is 15.6 Å². The summed E-state index contributed by atoms with van der Waals surface area (Å²) in [5.41, 5.74) is 4.19. The molecular formula is C21H17F3O3S. The van der Waals surface area contributed by atoms with Crippen molar-refractivity contribution in [1.82, 2.24) is 0 Å². The van der Waals surface area contributed by atoms with Gasteiger partial charge in [-0.25, -0.2) is 0 Å². The molecule has 0 bridgehead atoms. The van der Waals surface area contributed by atoms with Gasteiger partial charge >= 0.3 is 15.6 Å². The Morgan fingerprint density at radius 2 is 1.36 bits per heavy atom. The number of rotatable bonds is 1. The summed E-state index contributed by atoms with van der Waals surface area (Å²) in [6, 6.07) is 24.3. The van der Waals surface area contributed by atoms with Gasteiger partial charge in [0, 0.05) is 0 Å². The first-order valence-corrected chi connectivity index (χ1v) is 9.83. The van der Waals surface area contributed by atoms with Crippen molar-refractivity contribution >= 4 is 10.1 Å². The van der Waals surface area contributed by atoms with Gasteiger partial charge in [0.05, 0.1) is 0 Å². The SMILES string of the molecule is Cc1ccc(-c2cccc3c2Cc2ccccc2-3)cc1.O=S(=O)(O)C(F)(F)F. The Hall–Kier alpha value is -2.64. The van der Waals surface area contributed by atoms with Crippen LogP contribution in [0.4, 0.5) is 13.2 Å². The fraction of sp³-hybridized carbons (Fsp3) is 0.143. The van der Waals surface area contributed by atoms with Gasteiger partial charge in [-0.3, -0.25) is 4.55 Å². The van der Waals surface area contributed by atoms with E-state index in [1.807, 2.05) is 0 Å². The zero-order chi connectivity index (χ0) is 20.5. The maximum absolute atomic E-state index is 10.7. The average Bonchev–Trinajstić information content (AvgIpc) is 3.00. The number of hydrogen-bond acceptors (Lipinski definition) is 2. The Bertz CT molecular complexity index is 1100. The highest BCUT2D eigenvalue weighted by Gasteiger charge is 2.44. The van der Waals surface area contributed by atoms with Gasteiger partial charge in [-0.05, 0) is 46.7 Å². The van der Waals surface area contributed by atoms with Crippen molar-refractivity contribution in [2.75, 3.05) is 0 Å². The molecule has 0 saturated heterocycles. The monoisotopic (exact) mass is 406 g/mol. The number of aryl methyl sites for hydroxylation is 1. The second-order valence-electron chi connectivity index (χ2n) is 6.45. The van der Waals surface area contributed by atoms with Crippen molar-refractivity contribution in [3.8, 4) is 22.3 Å². The van der Waals surface area contributed by atoms with Crippen LogP contribution in [0.25, 0.3) is 22.3 Å². The molecule has 4 rings (SSSR count). The van der Waals surface area contributed by atoms with Gasteiger partial charge in [0.2, 0.25) is 0 Å². The third kappa shape index (κ3) is 4.10. The molecule has 0 heterocycles. The Kier molecular flexibility index (Phi) is 5.32. The van der Waals surface area contributed by atoms with Crippen molar-refractivity contribution in [3.05, 3.63) is 83.4 Å². The summed E-state index contributed by atoms with van der Waals surface area (Å²) in [5.74, 6) is 0. The second kappa shape index (κ2) is 7.41. The number of hydrogen-bond donors (Lipinski definition) is 1. The number of fused-ring (bicyclic) bond motifs is 3. The third-order valence-corrected chi connectivity index (χ3v) is 5.09. The Balaban J connectivity index is 0.000000242. The van der Waals surface area contributed by atoms with Crippen LogP contribution in [0.3, 0.4) is 0 Å². The lowest BCUT2D eigenvalue weighted by molar-refractivity contribution is -0.0510. The predicted molar refractivity (Wildman–Crippen MR) is 102 cm³/mol. The quantitative estimate of drug-likeness (QED) is 0.329. The van der Waals surface area contributed by atoms with E-state index in [-0.39, 0.29) is 0 Å². The molecule has 0 unspecified atom stereocenters. The summed E-state index contributed by atoms with van der Waals surface area (Å²) in [6.07, 6.45) is 1.05. The van der Waals surface area contributed by atoms with Gasteiger partial charge in [-0.15, -0.1) is 0 Å². The van der Waals surface area contributed by atoms with Crippen LogP contribution in [0.2, 0.25) is 0 Å². The van der Waals surface area contributed by atoms with Crippen LogP contribution in [-0.2, 0) is 16.5 Å². The molecule has 1 aliphatic rings. The largest absolute Gasteiger partial charge is 0.522 e. The van der Waals surface area contributed by atoms with E-state index in [0.29, 0.717) is 0 Å². The van der Waals surface area contributed by atoms with Crippen molar-refractivity contribution in [2.45, 2.75) is 18.9 Å². The van der Waals surface area contributed by atoms with Gasteiger partial charge in [0.15, 0.2) is 0 Å². The first-order chi connectivity index (χ1) is 13.1. The Morgan fingerprint density at radius 3 is 1.96 bits per heavy atom. The van der Waals surface area contributed by atoms with Crippen LogP contribution in [0, 0.1) is 6.92 Å². The molecule has 0 aromatic heterocycles. The van der Waals surface area contributed by atoms with Crippen molar-refractivity contribution in [3.63, 3.8) is 0 Å². The van der Waals surface area contributed by atoms with Gasteiger partial charge in [-0.2, -0.15) is 21.6 Å². The molecule has 0 radical (unpaired) electrons. The molecule has 3 aromatic carbocycles. The highest BCUT2D eigenvalue weighted by atomic mass is 32.2. The smallest absolute Gasteiger partial charge is 0.279 e. The number of benzene rings is 3. The third-order valence-electron chi connectivity index (χ3n) is 4.51. The second-order valence-corrected chi connectivity index (χ2v) is 7.87. The van der Waals surface area contributed by atoms with Gasteiger partial charge in [0.25, 0.3) is 0 Å². The molecule has 0 amide bonds. The first kappa shape index (κ1) is 20.1. The van der Waals surface area contributed by atoms with Crippen LogP contribution >= 0.6 is 0 Å². The number of halogens is 3. The maximum Gasteiger partial charge on any atom is 0.522 e. The van der Waals surface area contributed by atoms with Crippen LogP contribution in [0.1, 0.15) is 16.7 Å². The van der Waals surface area contributed by atoms with Gasteiger partial charge < -0.3 is 0 Å². The molecule has 0 spiro atoms. The van der Waals surface area contributed by atoms with E-state index in [9.17, 15) is 13.2 Å². The Labute approximate surface area is 161 Å². The van der Waals surface area contributed by atoms with E-state index in [4.69, 9.17) is 13.0 Å². The molecule has 3 nitrogen and oxygen atoms in total. The van der Waals surface area contributed by atoms with E-state index in [2.05, 4.69) is 73.7 Å². The highest BCUT2D eigenvalue weighted by molar-refractivity contribution is 7.86. The summed E-state index contributed by atoms with van der Waals surface area (Å²) in [4.78, 5) is 0. The zero-order valence-electron chi connectivity index (χ0n) is 14.9. The van der Waals surface area contributed by atoms with Crippen LogP contribution in [0.5, 0.6) is 0 Å². The summed E-state index contributed by atoms with van der Waals surface area (Å²) >= 11 is 0. The first-order valence-electron chi connectivity index (χ1n) is 8.39. The lowest BCUT2D eigenvalue weighted by Gasteiger charge is -2.09. The highest BCUT2D eigenvalue weighted by Crippen LogP contribution is 2.41. The van der Waals surface area contributed by atoms with Crippen LogP contribution in [0.15, 0.2) is 66.7 Å². The molecule has 1 N–H and O–H groups in total. The topological polar surface area (TPSA) is 54.4 Å². The van der Waals surface area contributed by atoms with E-state index in [1.54, 1.807) is 0 Å². The summed E-state index contributed by atoms with van der Waals surface area (Å²) in [5, 5.41) is 0. The minimum atomic E-state index is -5.84. The predicted octanol–water partition coefficient (Wildman–Crippen LogP) is 5.63. The molecule has 0 saturated carbocycles. The van der Waals surface area contributed by atoms with Gasteiger partial charge in [-0.1, -0.05) is 72.3 Å². The summed E-state index contributed by atoms with van der Waals surface area (Å²) in [6.45, 7) is 2.13. The lowest BCUT2D eigenvalue weighted by Crippen LogP contribution is -2.21. The molecular weight excluding hydrogens is 389 g/mol. The molecule has 7 heteroatoms. The standard InChI is InChI=1S/C20H16.CHF3O3S/c1-14-9-11-15(12-10-14)17-7-4-8-19-18-6-3-2-5-16(18)13-20(17)19;2-1(3,4)8(5,6)7/h2-12H,13H2,1H3;(H,5,6,7). The Morgan fingerprint density at radius 1 is 0.821 bits per heavy atom. The molecule has 0 atom stereocenters. The van der Waals surface area contributed by atoms with E-state index in [0.717, 1.165) is 6.42 Å². The van der Waals surface area contributed by atoms with Crippen LogP contribution in [-0.4, -0.2) is 18.5 Å². The van der Waals surface area contributed by atoms with E-state index in [1.165, 1.54) is 38.9 Å². The van der Waals surface area contributed by atoms with Crippen LogP contribution < -0.4 is 0 Å². The molecule has 0 aliphatic heterocycles. The van der Waals surface area contributed by atoms with Crippen molar-refractivity contribution in [2.24, 2.45) is 0 Å². The lowest BCUT2D eigenvalue weighted by atomic mass is 9.95. The van der Waals surface area contributed by atoms with Gasteiger partial charge in [0.1, 0.15) is 0 Å². The fourth-order valence-electron chi connectivity index (χ4n) is 3.16.